The topological polar surface area (TPSA) is 9.23 Å². The summed E-state index contributed by atoms with van der Waals surface area (Å²) >= 11 is 0. The summed E-state index contributed by atoms with van der Waals surface area (Å²) in [5.74, 6) is 0. The minimum atomic E-state index is 0.412. The Hall–Kier alpha value is 0.390. The largest absolute Gasteiger partial charge is 0.363 e. The number of rotatable bonds is 3. The van der Waals surface area contributed by atoms with Crippen LogP contribution in [-0.2, 0) is 4.52 Å². The molecule has 0 saturated carbocycles. The third kappa shape index (κ3) is 4.24. The Kier molecular flexibility index (Phi) is 4.80. The quantitative estimate of drug-likeness (QED) is 0.517. The summed E-state index contributed by atoms with van der Waals surface area (Å²) in [7, 11) is 2.27. The fourth-order valence-electron chi connectivity index (χ4n) is 0.475. The molecule has 0 aliphatic rings. The summed E-state index contributed by atoms with van der Waals surface area (Å²) in [5, 5.41) is 0. The highest BCUT2D eigenvalue weighted by molar-refractivity contribution is 7.09. The van der Waals surface area contributed by atoms with Crippen molar-refractivity contribution < 1.29 is 4.52 Å². The molecule has 0 amide bonds. The van der Waals surface area contributed by atoms with Crippen LogP contribution in [0.15, 0.2) is 0 Å². The van der Waals surface area contributed by atoms with Crippen molar-refractivity contribution in [1.82, 2.24) is 0 Å². The summed E-state index contributed by atoms with van der Waals surface area (Å²) in [6, 6.07) is 0. The molecule has 7 heavy (non-hydrogen) atoms. The van der Waals surface area contributed by atoms with E-state index < -0.39 is 0 Å². The number of hydrogen-bond acceptors (Lipinski definition) is 1. The molecule has 0 bridgehead atoms. The van der Waals surface area contributed by atoms with Gasteiger partial charge in [-0.3, -0.25) is 0 Å². The zero-order chi connectivity index (χ0) is 5.70. The minimum Gasteiger partial charge on any atom is -0.363 e. The Balaban J connectivity index is 2.83. The Labute approximate surface area is 47.7 Å². The van der Waals surface area contributed by atoms with Crippen molar-refractivity contribution in [2.75, 3.05) is 0 Å². The molecule has 2 atom stereocenters. The molecular weight excluding hydrogens is 107 g/mol. The molecule has 0 radical (unpaired) electrons. The van der Waals surface area contributed by atoms with Crippen LogP contribution in [0.25, 0.3) is 0 Å². The van der Waals surface area contributed by atoms with Crippen molar-refractivity contribution in [2.24, 2.45) is 0 Å². The molecule has 0 heterocycles. The van der Waals surface area contributed by atoms with Crippen molar-refractivity contribution >= 4 is 9.47 Å². The molecule has 0 saturated heterocycles. The van der Waals surface area contributed by atoms with Crippen molar-refractivity contribution in [1.29, 1.82) is 0 Å². The first-order valence-corrected chi connectivity index (χ1v) is 3.14. The van der Waals surface area contributed by atoms with E-state index in [-0.39, 0.29) is 0 Å². The zero-order valence-electron chi connectivity index (χ0n) is 4.98. The standard InChI is InChI=1S/C5H13OP/c1-3-4-5(2)6-7/h5H,3-4,7H2,1-2H3. The van der Waals surface area contributed by atoms with Crippen LogP contribution < -0.4 is 0 Å². The second-order valence-corrected chi connectivity index (χ2v) is 2.01. The Morgan fingerprint density at radius 2 is 2.29 bits per heavy atom. The predicted molar refractivity (Wildman–Crippen MR) is 35.2 cm³/mol. The van der Waals surface area contributed by atoms with E-state index in [1.807, 2.05) is 0 Å². The average Bonchev–Trinajstić information content (AvgIpc) is 1.68. The van der Waals surface area contributed by atoms with Gasteiger partial charge in [0.15, 0.2) is 0 Å². The molecule has 2 heteroatoms. The van der Waals surface area contributed by atoms with E-state index in [2.05, 4.69) is 23.3 Å². The monoisotopic (exact) mass is 120 g/mol. The van der Waals surface area contributed by atoms with Crippen molar-refractivity contribution in [3.63, 3.8) is 0 Å². The van der Waals surface area contributed by atoms with Crippen LogP contribution in [0.5, 0.6) is 0 Å². The van der Waals surface area contributed by atoms with Gasteiger partial charge in [0.25, 0.3) is 0 Å². The molecule has 0 N–H and O–H groups in total. The molecule has 0 aliphatic heterocycles. The van der Waals surface area contributed by atoms with Crippen LogP contribution in [-0.4, -0.2) is 6.10 Å². The van der Waals surface area contributed by atoms with Crippen LogP contribution in [0.3, 0.4) is 0 Å². The van der Waals surface area contributed by atoms with E-state index >= 15 is 0 Å². The van der Waals surface area contributed by atoms with Gasteiger partial charge in [-0.1, -0.05) is 13.3 Å². The molecule has 2 unspecified atom stereocenters. The van der Waals surface area contributed by atoms with Gasteiger partial charge in [-0.15, -0.1) is 0 Å². The third-order valence-corrected chi connectivity index (χ3v) is 1.39. The van der Waals surface area contributed by atoms with Crippen molar-refractivity contribution in [2.45, 2.75) is 32.8 Å². The fraction of sp³-hybridized carbons (Fsp3) is 1.00. The smallest absolute Gasteiger partial charge is 0.0582 e. The second-order valence-electron chi connectivity index (χ2n) is 1.74. The summed E-state index contributed by atoms with van der Waals surface area (Å²) < 4.78 is 4.91. The minimum absolute atomic E-state index is 0.412. The first-order valence-electron chi connectivity index (χ1n) is 2.66. The van der Waals surface area contributed by atoms with Crippen LogP contribution in [0, 0.1) is 0 Å². The molecule has 1 nitrogen and oxygen atoms in total. The van der Waals surface area contributed by atoms with Gasteiger partial charge in [-0.05, 0) is 13.3 Å². The van der Waals surface area contributed by atoms with Gasteiger partial charge in [-0.2, -0.15) is 0 Å². The van der Waals surface area contributed by atoms with Crippen LogP contribution in [0.1, 0.15) is 26.7 Å². The summed E-state index contributed by atoms with van der Waals surface area (Å²) in [6.07, 6.45) is 2.77. The van der Waals surface area contributed by atoms with E-state index in [0.717, 1.165) is 6.42 Å². The molecule has 0 aromatic heterocycles. The van der Waals surface area contributed by atoms with Gasteiger partial charge < -0.3 is 4.52 Å². The fourth-order valence-corrected chi connectivity index (χ4v) is 0.611. The summed E-state index contributed by atoms with van der Waals surface area (Å²) in [6.45, 7) is 4.22. The lowest BCUT2D eigenvalue weighted by molar-refractivity contribution is 0.248. The molecule has 0 rings (SSSR count). The van der Waals surface area contributed by atoms with E-state index in [0.29, 0.717) is 6.10 Å². The molecular formula is C5H13OP. The van der Waals surface area contributed by atoms with Gasteiger partial charge >= 0.3 is 0 Å². The van der Waals surface area contributed by atoms with E-state index in [9.17, 15) is 0 Å². The lowest BCUT2D eigenvalue weighted by Crippen LogP contribution is -1.98. The average molecular weight is 120 g/mol. The molecule has 0 aromatic rings. The summed E-state index contributed by atoms with van der Waals surface area (Å²) in [5.41, 5.74) is 0. The second kappa shape index (κ2) is 4.55. The van der Waals surface area contributed by atoms with Gasteiger partial charge in [0, 0.05) is 9.47 Å². The molecule has 0 aromatic carbocycles. The van der Waals surface area contributed by atoms with E-state index in [1.165, 1.54) is 6.42 Å². The SMILES string of the molecule is CCCC(C)OP. The predicted octanol–water partition coefficient (Wildman–Crippen LogP) is 1.98. The van der Waals surface area contributed by atoms with Gasteiger partial charge in [0.2, 0.25) is 0 Å². The maximum atomic E-state index is 4.91. The van der Waals surface area contributed by atoms with Crippen molar-refractivity contribution in [3.8, 4) is 0 Å². The lowest BCUT2D eigenvalue weighted by atomic mass is 10.2. The molecule has 44 valence electrons. The van der Waals surface area contributed by atoms with Gasteiger partial charge in [0.1, 0.15) is 0 Å². The first-order chi connectivity index (χ1) is 3.31. The Morgan fingerprint density at radius 3 is 2.43 bits per heavy atom. The Bertz CT molecular complexity index is 39.1. The van der Waals surface area contributed by atoms with E-state index in [4.69, 9.17) is 4.52 Å². The highest BCUT2D eigenvalue weighted by Crippen LogP contribution is 2.03. The normalized spacial score (nSPS) is 14.1. The molecule has 0 fully saturated rings. The highest BCUT2D eigenvalue weighted by Gasteiger charge is 1.93. The molecule has 0 spiro atoms. The number of hydrogen-bond donors (Lipinski definition) is 0. The third-order valence-electron chi connectivity index (χ3n) is 0.928. The maximum Gasteiger partial charge on any atom is 0.0582 e. The highest BCUT2D eigenvalue weighted by atomic mass is 31.0. The van der Waals surface area contributed by atoms with Crippen molar-refractivity contribution in [3.05, 3.63) is 0 Å². The maximum absolute atomic E-state index is 4.91. The molecule has 0 aliphatic carbocycles. The van der Waals surface area contributed by atoms with Crippen LogP contribution in [0.2, 0.25) is 0 Å². The zero-order valence-corrected chi connectivity index (χ0v) is 6.13. The van der Waals surface area contributed by atoms with Gasteiger partial charge in [0.05, 0.1) is 6.10 Å². The van der Waals surface area contributed by atoms with E-state index in [1.54, 1.807) is 0 Å². The first kappa shape index (κ1) is 7.39. The lowest BCUT2D eigenvalue weighted by Gasteiger charge is -2.04. The van der Waals surface area contributed by atoms with Crippen LogP contribution >= 0.6 is 9.47 Å². The summed E-state index contributed by atoms with van der Waals surface area (Å²) in [4.78, 5) is 0. The van der Waals surface area contributed by atoms with Crippen LogP contribution in [0.4, 0.5) is 0 Å². The van der Waals surface area contributed by atoms with Gasteiger partial charge in [-0.25, -0.2) is 0 Å². The Morgan fingerprint density at radius 1 is 1.71 bits per heavy atom.